The van der Waals surface area contributed by atoms with Crippen molar-refractivity contribution in [3.05, 3.63) is 71.3 Å². The maximum Gasteiger partial charge on any atom is 0.242 e. The molecular formula is C22H29IN4O. The van der Waals surface area contributed by atoms with E-state index >= 15 is 0 Å². The molecule has 1 aliphatic heterocycles. The van der Waals surface area contributed by atoms with E-state index in [9.17, 15) is 4.79 Å². The number of benzene rings is 2. The largest absolute Gasteiger partial charge is 0.356 e. The van der Waals surface area contributed by atoms with Crippen molar-refractivity contribution in [3.63, 3.8) is 0 Å². The highest BCUT2D eigenvalue weighted by atomic mass is 127. The average molecular weight is 492 g/mol. The third-order valence-corrected chi connectivity index (χ3v) is 4.89. The number of nitrogens with zero attached hydrogens (tertiary/aromatic N) is 2. The highest BCUT2D eigenvalue weighted by Crippen LogP contribution is 2.18. The first kappa shape index (κ1) is 22.2. The van der Waals surface area contributed by atoms with Crippen molar-refractivity contribution in [2.24, 2.45) is 4.99 Å². The van der Waals surface area contributed by atoms with Gasteiger partial charge in [-0.3, -0.25) is 9.79 Å². The van der Waals surface area contributed by atoms with E-state index in [1.807, 2.05) is 17.0 Å². The predicted molar refractivity (Wildman–Crippen MR) is 125 cm³/mol. The van der Waals surface area contributed by atoms with Crippen LogP contribution in [-0.4, -0.2) is 43.4 Å². The first-order valence-corrected chi connectivity index (χ1v) is 9.59. The zero-order valence-corrected chi connectivity index (χ0v) is 18.7. The summed E-state index contributed by atoms with van der Waals surface area (Å²) >= 11 is 0. The number of halogens is 1. The molecule has 2 aromatic carbocycles. The standard InChI is InChI=1S/C22H28N4O.HI/c1-23-22(24-14-7-10-18-8-3-2-4-9-18)25-16-21(27)26-15-13-19-11-5-6-12-20(19)17-26;/h2-6,8-9,11-12H,7,10,13-17H2,1H3,(H2,23,24,25);1H. The van der Waals surface area contributed by atoms with Gasteiger partial charge in [0.1, 0.15) is 0 Å². The lowest BCUT2D eigenvalue weighted by atomic mass is 10.00. The molecule has 28 heavy (non-hydrogen) atoms. The SMILES string of the molecule is CN=C(NCCCc1ccccc1)NCC(=O)N1CCc2ccccc2C1.I. The summed E-state index contributed by atoms with van der Waals surface area (Å²) in [5.41, 5.74) is 3.94. The number of guanidine groups is 1. The van der Waals surface area contributed by atoms with Crippen LogP contribution in [-0.2, 0) is 24.2 Å². The van der Waals surface area contributed by atoms with E-state index in [0.29, 0.717) is 12.5 Å². The van der Waals surface area contributed by atoms with E-state index < -0.39 is 0 Å². The van der Waals surface area contributed by atoms with Crippen molar-refractivity contribution in [1.29, 1.82) is 0 Å². The lowest BCUT2D eigenvalue weighted by Crippen LogP contribution is -2.46. The normalized spacial score (nSPS) is 13.3. The molecule has 3 rings (SSSR count). The molecule has 0 fully saturated rings. The summed E-state index contributed by atoms with van der Waals surface area (Å²) < 4.78 is 0. The zero-order valence-electron chi connectivity index (χ0n) is 16.4. The molecule has 0 saturated heterocycles. The van der Waals surface area contributed by atoms with Gasteiger partial charge >= 0.3 is 0 Å². The van der Waals surface area contributed by atoms with Gasteiger partial charge in [0, 0.05) is 26.7 Å². The van der Waals surface area contributed by atoms with Gasteiger partial charge in [0.05, 0.1) is 6.54 Å². The van der Waals surface area contributed by atoms with Crippen LogP contribution in [0.25, 0.3) is 0 Å². The number of nitrogens with one attached hydrogen (secondary N) is 2. The Kier molecular flexibility index (Phi) is 9.27. The molecule has 0 bridgehead atoms. The van der Waals surface area contributed by atoms with Crippen molar-refractivity contribution in [1.82, 2.24) is 15.5 Å². The molecule has 2 N–H and O–H groups in total. The lowest BCUT2D eigenvalue weighted by molar-refractivity contribution is -0.130. The number of amides is 1. The van der Waals surface area contributed by atoms with Crippen LogP contribution in [0.1, 0.15) is 23.1 Å². The third-order valence-electron chi connectivity index (χ3n) is 4.89. The summed E-state index contributed by atoms with van der Waals surface area (Å²) in [4.78, 5) is 18.6. The minimum absolute atomic E-state index is 0. The van der Waals surface area contributed by atoms with Crippen LogP contribution in [0.5, 0.6) is 0 Å². The molecular weight excluding hydrogens is 463 g/mol. The average Bonchev–Trinajstić information content (AvgIpc) is 2.73. The fourth-order valence-corrected chi connectivity index (χ4v) is 3.34. The van der Waals surface area contributed by atoms with E-state index in [-0.39, 0.29) is 36.4 Å². The molecule has 150 valence electrons. The summed E-state index contributed by atoms with van der Waals surface area (Å²) in [5.74, 6) is 0.783. The number of carbonyl (C=O) groups excluding carboxylic acids is 1. The van der Waals surface area contributed by atoms with Gasteiger partial charge in [-0.2, -0.15) is 0 Å². The molecule has 0 unspecified atom stereocenters. The Labute approximate surface area is 184 Å². The van der Waals surface area contributed by atoms with Crippen LogP contribution in [0.4, 0.5) is 0 Å². The third kappa shape index (κ3) is 6.51. The van der Waals surface area contributed by atoms with Crippen LogP contribution in [0.3, 0.4) is 0 Å². The Morgan fingerprint density at radius 1 is 1.04 bits per heavy atom. The quantitative estimate of drug-likeness (QED) is 0.282. The van der Waals surface area contributed by atoms with E-state index in [4.69, 9.17) is 0 Å². The fourth-order valence-electron chi connectivity index (χ4n) is 3.34. The summed E-state index contributed by atoms with van der Waals surface area (Å²) in [7, 11) is 1.73. The fraction of sp³-hybridized carbons (Fsp3) is 0.364. The molecule has 2 aromatic rings. The zero-order chi connectivity index (χ0) is 18.9. The van der Waals surface area contributed by atoms with Crippen molar-refractivity contribution in [3.8, 4) is 0 Å². The van der Waals surface area contributed by atoms with Gasteiger partial charge in [0.25, 0.3) is 0 Å². The molecule has 0 atom stereocenters. The van der Waals surface area contributed by atoms with Gasteiger partial charge in [-0.15, -0.1) is 24.0 Å². The van der Waals surface area contributed by atoms with Crippen LogP contribution >= 0.6 is 24.0 Å². The highest BCUT2D eigenvalue weighted by Gasteiger charge is 2.20. The van der Waals surface area contributed by atoms with E-state index in [0.717, 1.165) is 32.4 Å². The summed E-state index contributed by atoms with van der Waals surface area (Å²) in [6.07, 6.45) is 2.97. The molecule has 0 aromatic heterocycles. The van der Waals surface area contributed by atoms with Gasteiger partial charge in [0.2, 0.25) is 5.91 Å². The Hall–Kier alpha value is -2.09. The molecule has 1 aliphatic rings. The minimum Gasteiger partial charge on any atom is -0.356 e. The first-order chi connectivity index (χ1) is 13.3. The summed E-state index contributed by atoms with van der Waals surface area (Å²) in [5, 5.41) is 6.42. The number of fused-ring (bicyclic) bond motifs is 1. The smallest absolute Gasteiger partial charge is 0.242 e. The maximum absolute atomic E-state index is 12.5. The Morgan fingerprint density at radius 3 is 2.50 bits per heavy atom. The number of hydrogen-bond donors (Lipinski definition) is 2. The Bertz CT molecular complexity index is 779. The number of carbonyl (C=O) groups is 1. The lowest BCUT2D eigenvalue weighted by Gasteiger charge is -2.29. The van der Waals surface area contributed by atoms with Gasteiger partial charge in [0.15, 0.2) is 5.96 Å². The molecule has 0 saturated carbocycles. The minimum atomic E-state index is 0. The second-order valence-electron chi connectivity index (χ2n) is 6.78. The second kappa shape index (κ2) is 11.7. The monoisotopic (exact) mass is 492 g/mol. The molecule has 0 aliphatic carbocycles. The Morgan fingerprint density at radius 2 is 1.75 bits per heavy atom. The van der Waals surface area contributed by atoms with E-state index in [1.54, 1.807) is 7.05 Å². The maximum atomic E-state index is 12.5. The molecule has 5 nitrogen and oxygen atoms in total. The van der Waals surface area contributed by atoms with E-state index in [1.165, 1.54) is 16.7 Å². The van der Waals surface area contributed by atoms with Crippen LogP contribution < -0.4 is 10.6 Å². The number of aliphatic imine (C=N–C) groups is 1. The van der Waals surface area contributed by atoms with E-state index in [2.05, 4.69) is 58.1 Å². The van der Waals surface area contributed by atoms with Gasteiger partial charge in [-0.1, -0.05) is 54.6 Å². The van der Waals surface area contributed by atoms with Gasteiger partial charge in [-0.05, 0) is 36.0 Å². The molecule has 1 amide bonds. The first-order valence-electron chi connectivity index (χ1n) is 9.59. The van der Waals surface area contributed by atoms with Crippen molar-refractivity contribution >= 4 is 35.8 Å². The van der Waals surface area contributed by atoms with Gasteiger partial charge < -0.3 is 15.5 Å². The summed E-state index contributed by atoms with van der Waals surface area (Å²) in [6.45, 7) is 2.56. The van der Waals surface area contributed by atoms with Crippen LogP contribution in [0, 0.1) is 0 Å². The van der Waals surface area contributed by atoms with Gasteiger partial charge in [-0.25, -0.2) is 0 Å². The van der Waals surface area contributed by atoms with Crippen LogP contribution in [0.15, 0.2) is 59.6 Å². The summed E-state index contributed by atoms with van der Waals surface area (Å²) in [6, 6.07) is 18.8. The predicted octanol–water partition coefficient (Wildman–Crippen LogP) is 2.99. The topological polar surface area (TPSA) is 56.7 Å². The number of hydrogen-bond acceptors (Lipinski definition) is 2. The molecule has 1 heterocycles. The highest BCUT2D eigenvalue weighted by molar-refractivity contribution is 14.0. The molecule has 0 spiro atoms. The van der Waals surface area contributed by atoms with Crippen LogP contribution in [0.2, 0.25) is 0 Å². The number of aryl methyl sites for hydroxylation is 1. The number of rotatable bonds is 6. The molecule has 0 radical (unpaired) electrons. The van der Waals surface area contributed by atoms with Crippen molar-refractivity contribution < 1.29 is 4.79 Å². The van der Waals surface area contributed by atoms with Crippen molar-refractivity contribution in [2.75, 3.05) is 26.7 Å². The molecule has 6 heteroatoms. The Balaban J connectivity index is 0.00000280. The second-order valence-corrected chi connectivity index (χ2v) is 6.78. The van der Waals surface area contributed by atoms with Crippen molar-refractivity contribution in [2.45, 2.75) is 25.8 Å².